The van der Waals surface area contributed by atoms with E-state index >= 15 is 0 Å². The first-order valence-corrected chi connectivity index (χ1v) is 10.4. The van der Waals surface area contributed by atoms with Crippen molar-refractivity contribution in [1.29, 1.82) is 0 Å². The number of nitrogens with one attached hydrogen (secondary N) is 1. The normalized spacial score (nSPS) is 13.1. The van der Waals surface area contributed by atoms with Crippen molar-refractivity contribution < 1.29 is 22.7 Å². The lowest BCUT2D eigenvalue weighted by atomic mass is 10.1. The van der Waals surface area contributed by atoms with E-state index in [1.807, 2.05) is 20.8 Å². The van der Waals surface area contributed by atoms with Crippen LogP contribution < -0.4 is 5.32 Å². The number of rotatable bonds is 8. The Morgan fingerprint density at radius 2 is 1.78 bits per heavy atom. The van der Waals surface area contributed by atoms with E-state index in [0.29, 0.717) is 0 Å². The summed E-state index contributed by atoms with van der Waals surface area (Å²) in [6, 6.07) is 3.48. The third-order valence-corrected chi connectivity index (χ3v) is 6.64. The van der Waals surface area contributed by atoms with Gasteiger partial charge < -0.3 is 10.1 Å². The number of amides is 1. The molecular weight excluding hydrogens is 392 g/mol. The number of esters is 1. The van der Waals surface area contributed by atoms with Gasteiger partial charge in [-0.25, -0.2) is 13.2 Å². The van der Waals surface area contributed by atoms with Gasteiger partial charge in [-0.3, -0.25) is 4.79 Å². The van der Waals surface area contributed by atoms with Crippen molar-refractivity contribution in [2.75, 3.05) is 13.7 Å². The van der Waals surface area contributed by atoms with Gasteiger partial charge in [-0.15, -0.1) is 0 Å². The van der Waals surface area contributed by atoms with Crippen molar-refractivity contribution in [3.63, 3.8) is 0 Å². The molecule has 0 heterocycles. The van der Waals surface area contributed by atoms with Crippen LogP contribution in [0.2, 0.25) is 5.02 Å². The summed E-state index contributed by atoms with van der Waals surface area (Å²) in [5, 5.41) is 2.76. The highest BCUT2D eigenvalue weighted by Crippen LogP contribution is 2.24. The van der Waals surface area contributed by atoms with E-state index in [9.17, 15) is 18.0 Å². The second-order valence-electron chi connectivity index (χ2n) is 6.93. The van der Waals surface area contributed by atoms with Crippen molar-refractivity contribution in [3.05, 3.63) is 28.8 Å². The molecule has 152 valence electrons. The maximum Gasteiger partial charge on any atom is 0.340 e. The Morgan fingerprint density at radius 3 is 2.30 bits per heavy atom. The molecule has 0 spiro atoms. The molecule has 1 amide bonds. The molecule has 0 aliphatic heterocycles. The molecule has 9 heteroatoms. The number of carbonyl (C=O) groups is 2. The van der Waals surface area contributed by atoms with E-state index in [-0.39, 0.29) is 33.5 Å². The third kappa shape index (κ3) is 6.19. The van der Waals surface area contributed by atoms with Crippen LogP contribution in [-0.4, -0.2) is 50.3 Å². The molecule has 0 unspecified atom stereocenters. The Kier molecular flexibility index (Phi) is 8.25. The van der Waals surface area contributed by atoms with Crippen LogP contribution in [0.25, 0.3) is 0 Å². The zero-order valence-corrected chi connectivity index (χ0v) is 18.0. The van der Waals surface area contributed by atoms with E-state index in [1.165, 1.54) is 23.5 Å². The molecule has 0 saturated carbocycles. The number of hydrogen-bond acceptors (Lipinski definition) is 5. The highest BCUT2D eigenvalue weighted by Gasteiger charge is 2.25. The predicted molar refractivity (Wildman–Crippen MR) is 104 cm³/mol. The predicted octanol–water partition coefficient (Wildman–Crippen LogP) is 2.69. The molecule has 27 heavy (non-hydrogen) atoms. The summed E-state index contributed by atoms with van der Waals surface area (Å²) < 4.78 is 31.3. The maximum absolute atomic E-state index is 12.6. The van der Waals surface area contributed by atoms with Gasteiger partial charge in [-0.1, -0.05) is 25.4 Å². The van der Waals surface area contributed by atoms with Crippen molar-refractivity contribution in [1.82, 2.24) is 9.62 Å². The van der Waals surface area contributed by atoms with Crippen LogP contribution in [0.3, 0.4) is 0 Å². The summed E-state index contributed by atoms with van der Waals surface area (Å²) >= 11 is 6.01. The Labute approximate surface area is 166 Å². The Hall–Kier alpha value is -1.64. The molecule has 1 aromatic rings. The molecule has 1 atom stereocenters. The smallest absolute Gasteiger partial charge is 0.340 e. The average molecular weight is 419 g/mol. The Bertz CT molecular complexity index is 793. The van der Waals surface area contributed by atoms with Gasteiger partial charge in [0.05, 0.1) is 15.5 Å². The molecule has 7 nitrogen and oxygen atoms in total. The summed E-state index contributed by atoms with van der Waals surface area (Å²) in [5.74, 6) is -1.07. The van der Waals surface area contributed by atoms with Crippen LogP contribution in [0.4, 0.5) is 0 Å². The average Bonchev–Trinajstić information content (AvgIpc) is 2.58. The van der Waals surface area contributed by atoms with E-state index in [4.69, 9.17) is 16.3 Å². The topological polar surface area (TPSA) is 92.8 Å². The summed E-state index contributed by atoms with van der Waals surface area (Å²) in [6.07, 6.45) is 0. The number of halogens is 1. The molecule has 0 bridgehead atoms. The molecule has 1 rings (SSSR count). The van der Waals surface area contributed by atoms with Crippen LogP contribution in [0.15, 0.2) is 23.1 Å². The fourth-order valence-corrected chi connectivity index (χ4v) is 3.53. The zero-order chi connectivity index (χ0) is 20.9. The van der Waals surface area contributed by atoms with Crippen LogP contribution in [0, 0.1) is 5.92 Å². The summed E-state index contributed by atoms with van der Waals surface area (Å²) in [5.41, 5.74) is -0.111. The zero-order valence-electron chi connectivity index (χ0n) is 16.4. The van der Waals surface area contributed by atoms with Crippen LogP contribution in [-0.2, 0) is 19.6 Å². The highest BCUT2D eigenvalue weighted by molar-refractivity contribution is 7.89. The summed E-state index contributed by atoms with van der Waals surface area (Å²) in [7, 11) is -2.33. The first-order chi connectivity index (χ1) is 12.4. The Morgan fingerprint density at radius 1 is 1.19 bits per heavy atom. The third-order valence-electron chi connectivity index (χ3n) is 4.28. The molecule has 0 aliphatic carbocycles. The number of nitrogens with zero attached hydrogens (tertiary/aromatic N) is 1. The fraction of sp³-hybridized carbons (Fsp3) is 0.556. The standard InChI is InChI=1S/C18H27ClN2O5S/c1-11(2)13(5)20-17(22)10-26-18(23)15-9-14(7-8-16(15)19)27(24,25)21(6)12(3)4/h7-9,11-13H,10H2,1-6H3,(H,20,22)/t13-/m1/s1. The van der Waals surface area contributed by atoms with Gasteiger partial charge in [0.2, 0.25) is 10.0 Å². The van der Waals surface area contributed by atoms with Crippen LogP contribution in [0.1, 0.15) is 45.0 Å². The number of sulfonamides is 1. The second-order valence-corrected chi connectivity index (χ2v) is 9.34. The van der Waals surface area contributed by atoms with Gasteiger partial charge >= 0.3 is 5.97 Å². The maximum atomic E-state index is 12.6. The molecule has 0 aromatic heterocycles. The van der Waals surface area contributed by atoms with Crippen molar-refractivity contribution in [3.8, 4) is 0 Å². The molecule has 0 fully saturated rings. The van der Waals surface area contributed by atoms with Gasteiger partial charge in [0.15, 0.2) is 6.61 Å². The van der Waals surface area contributed by atoms with Crippen LogP contribution >= 0.6 is 11.6 Å². The molecule has 0 aliphatic rings. The van der Waals surface area contributed by atoms with Gasteiger partial charge in [-0.05, 0) is 44.9 Å². The van der Waals surface area contributed by atoms with E-state index < -0.39 is 28.5 Å². The molecule has 0 saturated heterocycles. The van der Waals surface area contributed by atoms with Gasteiger partial charge in [0.1, 0.15) is 0 Å². The quantitative estimate of drug-likeness (QED) is 0.655. The van der Waals surface area contributed by atoms with Crippen molar-refractivity contribution in [2.45, 2.75) is 51.6 Å². The lowest BCUT2D eigenvalue weighted by Gasteiger charge is -2.21. The second kappa shape index (κ2) is 9.52. The number of hydrogen-bond donors (Lipinski definition) is 1. The highest BCUT2D eigenvalue weighted by atomic mass is 35.5. The van der Waals surface area contributed by atoms with Crippen molar-refractivity contribution >= 4 is 33.5 Å². The van der Waals surface area contributed by atoms with Gasteiger partial charge in [0, 0.05) is 19.1 Å². The van der Waals surface area contributed by atoms with Crippen LogP contribution in [0.5, 0.6) is 0 Å². The first kappa shape index (κ1) is 23.4. The largest absolute Gasteiger partial charge is 0.452 e. The fourth-order valence-electron chi connectivity index (χ4n) is 1.94. The summed E-state index contributed by atoms with van der Waals surface area (Å²) in [4.78, 5) is 24.0. The monoisotopic (exact) mass is 418 g/mol. The van der Waals surface area contributed by atoms with E-state index in [1.54, 1.807) is 13.8 Å². The lowest BCUT2D eigenvalue weighted by molar-refractivity contribution is -0.125. The van der Waals surface area contributed by atoms with Gasteiger partial charge in [-0.2, -0.15) is 4.31 Å². The molecule has 0 radical (unpaired) electrons. The SMILES string of the molecule is CC(C)[C@@H](C)NC(=O)COC(=O)c1cc(S(=O)(=O)N(C)C(C)C)ccc1Cl. The van der Waals surface area contributed by atoms with E-state index in [0.717, 1.165) is 6.07 Å². The van der Waals surface area contributed by atoms with Gasteiger partial charge in [0.25, 0.3) is 5.91 Å². The Balaban J connectivity index is 2.94. The molecule has 1 aromatic carbocycles. The minimum atomic E-state index is -3.78. The van der Waals surface area contributed by atoms with E-state index in [2.05, 4.69) is 5.32 Å². The first-order valence-electron chi connectivity index (χ1n) is 8.62. The van der Waals surface area contributed by atoms with Crippen molar-refractivity contribution in [2.24, 2.45) is 5.92 Å². The number of ether oxygens (including phenoxy) is 1. The number of benzene rings is 1. The lowest BCUT2D eigenvalue weighted by Crippen LogP contribution is -2.38. The molecule has 1 N–H and O–H groups in total. The number of carbonyl (C=O) groups excluding carboxylic acids is 2. The minimum Gasteiger partial charge on any atom is -0.452 e. The summed E-state index contributed by atoms with van der Waals surface area (Å²) in [6.45, 7) is 8.75. The molecular formula is C18H27ClN2O5S. The minimum absolute atomic E-state index is 0.0436.